The van der Waals surface area contributed by atoms with Gasteiger partial charge in [0.05, 0.1) is 11.6 Å². The molecule has 0 fully saturated rings. The molecule has 0 aliphatic carbocycles. The van der Waals surface area contributed by atoms with Gasteiger partial charge in [-0.05, 0) is 18.2 Å². The second-order valence-electron chi connectivity index (χ2n) is 5.56. The molecule has 4 aromatic rings. The molecular formula is C18H13N3O5. The van der Waals surface area contributed by atoms with Crippen LogP contribution in [0.1, 0.15) is 16.2 Å². The standard InChI is InChI=1S/C18H13N3O5/c1-21-17(22)13-6-3-2-5-12(13)16(19-21)18(23)25-10-11-9-15(26-20-11)14-7-4-8-24-14/h2-9H,10H2,1H3. The van der Waals surface area contributed by atoms with Crippen LogP contribution in [0.5, 0.6) is 0 Å². The fourth-order valence-electron chi connectivity index (χ4n) is 2.57. The number of hydrogen-bond acceptors (Lipinski definition) is 7. The fraction of sp³-hybridized carbons (Fsp3) is 0.111. The number of esters is 1. The van der Waals surface area contributed by atoms with Crippen LogP contribution >= 0.6 is 0 Å². The first kappa shape index (κ1) is 15.8. The van der Waals surface area contributed by atoms with Crippen LogP contribution in [0.2, 0.25) is 0 Å². The van der Waals surface area contributed by atoms with E-state index in [4.69, 9.17) is 13.7 Å². The molecule has 8 heteroatoms. The average molecular weight is 351 g/mol. The lowest BCUT2D eigenvalue weighted by Crippen LogP contribution is -2.23. The summed E-state index contributed by atoms with van der Waals surface area (Å²) in [5, 5.41) is 8.72. The number of ether oxygens (including phenoxy) is 1. The van der Waals surface area contributed by atoms with Gasteiger partial charge in [-0.15, -0.1) is 0 Å². The maximum absolute atomic E-state index is 12.5. The van der Waals surface area contributed by atoms with Crippen molar-refractivity contribution in [3.63, 3.8) is 0 Å². The first-order chi connectivity index (χ1) is 12.6. The van der Waals surface area contributed by atoms with Crippen LogP contribution in [0.25, 0.3) is 22.3 Å². The SMILES string of the molecule is Cn1nc(C(=O)OCc2cc(-c3ccco3)on2)c2ccccc2c1=O. The normalized spacial score (nSPS) is 11.0. The third-order valence-electron chi connectivity index (χ3n) is 3.82. The third-order valence-corrected chi connectivity index (χ3v) is 3.82. The number of benzene rings is 1. The van der Waals surface area contributed by atoms with Gasteiger partial charge >= 0.3 is 5.97 Å². The summed E-state index contributed by atoms with van der Waals surface area (Å²) < 4.78 is 16.8. The summed E-state index contributed by atoms with van der Waals surface area (Å²) in [5.74, 6) is 0.312. The summed E-state index contributed by atoms with van der Waals surface area (Å²) in [6.45, 7) is -0.0953. The minimum absolute atomic E-state index is 0.0671. The molecule has 4 rings (SSSR count). The Balaban J connectivity index is 1.57. The maximum Gasteiger partial charge on any atom is 0.359 e. The van der Waals surface area contributed by atoms with Crippen LogP contribution in [0.15, 0.2) is 62.5 Å². The Morgan fingerprint density at radius 3 is 2.73 bits per heavy atom. The molecule has 0 radical (unpaired) electrons. The van der Waals surface area contributed by atoms with Gasteiger partial charge in [0.2, 0.25) is 5.76 Å². The lowest BCUT2D eigenvalue weighted by atomic mass is 10.1. The van der Waals surface area contributed by atoms with Crippen LogP contribution in [0, 0.1) is 0 Å². The van der Waals surface area contributed by atoms with E-state index < -0.39 is 5.97 Å². The number of fused-ring (bicyclic) bond motifs is 1. The Hall–Kier alpha value is -3.68. The molecule has 3 aromatic heterocycles. The number of carbonyl (C=O) groups excluding carboxylic acids is 1. The number of aromatic nitrogens is 3. The zero-order chi connectivity index (χ0) is 18.1. The van der Waals surface area contributed by atoms with Gasteiger partial charge < -0.3 is 13.7 Å². The van der Waals surface area contributed by atoms with Gasteiger partial charge in [0.15, 0.2) is 11.5 Å². The van der Waals surface area contributed by atoms with Crippen molar-refractivity contribution in [1.82, 2.24) is 14.9 Å². The predicted octanol–water partition coefficient (Wildman–Crippen LogP) is 2.54. The smallest absolute Gasteiger partial charge is 0.359 e. The zero-order valence-electron chi connectivity index (χ0n) is 13.7. The van der Waals surface area contributed by atoms with E-state index >= 15 is 0 Å². The first-order valence-corrected chi connectivity index (χ1v) is 7.76. The highest BCUT2D eigenvalue weighted by Crippen LogP contribution is 2.21. The maximum atomic E-state index is 12.5. The van der Waals surface area contributed by atoms with Gasteiger partial charge in [0.25, 0.3) is 5.56 Å². The molecule has 26 heavy (non-hydrogen) atoms. The molecule has 0 amide bonds. The average Bonchev–Trinajstić information content (AvgIpc) is 3.34. The lowest BCUT2D eigenvalue weighted by molar-refractivity contribution is 0.0457. The summed E-state index contributed by atoms with van der Waals surface area (Å²) in [6.07, 6.45) is 1.52. The molecule has 0 aliphatic heterocycles. The molecule has 0 aliphatic rings. The highest BCUT2D eigenvalue weighted by atomic mass is 16.5. The van der Waals surface area contributed by atoms with Gasteiger partial charge in [-0.1, -0.05) is 23.4 Å². The number of aryl methyl sites for hydroxylation is 1. The van der Waals surface area contributed by atoms with Crippen molar-refractivity contribution < 1.29 is 18.5 Å². The molecule has 1 aromatic carbocycles. The summed E-state index contributed by atoms with van der Waals surface area (Å²) in [7, 11) is 1.48. The molecule has 0 bridgehead atoms. The summed E-state index contributed by atoms with van der Waals surface area (Å²) in [6, 6.07) is 11.8. The minimum atomic E-state index is -0.653. The molecule has 0 unspecified atom stereocenters. The summed E-state index contributed by atoms with van der Waals surface area (Å²) >= 11 is 0. The number of rotatable bonds is 4. The van der Waals surface area contributed by atoms with Crippen molar-refractivity contribution in [3.8, 4) is 11.5 Å². The van der Waals surface area contributed by atoms with E-state index in [2.05, 4.69) is 10.3 Å². The molecular weight excluding hydrogens is 338 g/mol. The van der Waals surface area contributed by atoms with Crippen molar-refractivity contribution >= 4 is 16.7 Å². The zero-order valence-corrected chi connectivity index (χ0v) is 13.7. The van der Waals surface area contributed by atoms with Crippen LogP contribution in [-0.2, 0) is 18.4 Å². The highest BCUT2D eigenvalue weighted by Gasteiger charge is 2.18. The highest BCUT2D eigenvalue weighted by molar-refractivity contribution is 6.02. The number of nitrogens with zero attached hydrogens (tertiary/aromatic N) is 3. The van der Waals surface area contributed by atoms with Gasteiger partial charge in [-0.2, -0.15) is 5.10 Å². The lowest BCUT2D eigenvalue weighted by Gasteiger charge is -2.07. The molecule has 0 spiro atoms. The Morgan fingerprint density at radius 2 is 1.96 bits per heavy atom. The Labute approximate surface area is 146 Å². The van der Waals surface area contributed by atoms with Crippen LogP contribution in [0.3, 0.4) is 0 Å². The molecule has 8 nitrogen and oxygen atoms in total. The van der Waals surface area contributed by atoms with Crippen molar-refractivity contribution in [2.75, 3.05) is 0 Å². The van der Waals surface area contributed by atoms with Crippen LogP contribution < -0.4 is 5.56 Å². The van der Waals surface area contributed by atoms with Crippen molar-refractivity contribution in [2.45, 2.75) is 6.61 Å². The molecule has 0 saturated carbocycles. The molecule has 0 N–H and O–H groups in total. The Bertz CT molecular complexity index is 1140. The largest absolute Gasteiger partial charge is 0.461 e. The summed E-state index contributed by atoms with van der Waals surface area (Å²) in [4.78, 5) is 24.6. The first-order valence-electron chi connectivity index (χ1n) is 7.76. The Morgan fingerprint density at radius 1 is 1.15 bits per heavy atom. The molecule has 3 heterocycles. The second kappa shape index (κ2) is 6.32. The van der Waals surface area contributed by atoms with Crippen molar-refractivity contribution in [3.05, 3.63) is 70.5 Å². The van der Waals surface area contributed by atoms with Crippen LogP contribution in [-0.4, -0.2) is 20.9 Å². The van der Waals surface area contributed by atoms with E-state index in [9.17, 15) is 9.59 Å². The molecule has 0 saturated heterocycles. The second-order valence-corrected chi connectivity index (χ2v) is 5.56. The van der Waals surface area contributed by atoms with E-state index in [-0.39, 0.29) is 17.9 Å². The van der Waals surface area contributed by atoms with Crippen molar-refractivity contribution in [2.24, 2.45) is 7.05 Å². The van der Waals surface area contributed by atoms with Crippen LogP contribution in [0.4, 0.5) is 0 Å². The van der Waals surface area contributed by atoms with Gasteiger partial charge in [-0.25, -0.2) is 9.48 Å². The van der Waals surface area contributed by atoms with E-state index in [0.717, 1.165) is 4.68 Å². The minimum Gasteiger partial charge on any atom is -0.461 e. The topological polar surface area (TPSA) is 100 Å². The Kier molecular flexibility index (Phi) is 3.85. The predicted molar refractivity (Wildman–Crippen MR) is 90.3 cm³/mol. The van der Waals surface area contributed by atoms with Gasteiger partial charge in [0, 0.05) is 18.5 Å². The molecule has 130 valence electrons. The van der Waals surface area contributed by atoms with Gasteiger partial charge in [-0.3, -0.25) is 4.79 Å². The summed E-state index contributed by atoms with van der Waals surface area (Å²) in [5.41, 5.74) is 0.216. The quantitative estimate of drug-likeness (QED) is 0.521. The van der Waals surface area contributed by atoms with E-state index in [0.29, 0.717) is 28.0 Å². The van der Waals surface area contributed by atoms with E-state index in [1.807, 2.05) is 0 Å². The van der Waals surface area contributed by atoms with E-state index in [1.54, 1.807) is 42.5 Å². The van der Waals surface area contributed by atoms with Gasteiger partial charge in [0.1, 0.15) is 12.3 Å². The number of hydrogen-bond donors (Lipinski definition) is 0. The van der Waals surface area contributed by atoms with Crippen molar-refractivity contribution in [1.29, 1.82) is 0 Å². The number of carbonyl (C=O) groups is 1. The molecule has 0 atom stereocenters. The number of furan rings is 1. The monoisotopic (exact) mass is 351 g/mol. The fourth-order valence-corrected chi connectivity index (χ4v) is 2.57. The van der Waals surface area contributed by atoms with E-state index in [1.165, 1.54) is 13.3 Å². The third kappa shape index (κ3) is 2.77.